The highest BCUT2D eigenvalue weighted by molar-refractivity contribution is 6.06. The second-order valence-electron chi connectivity index (χ2n) is 10.1. The third kappa shape index (κ3) is 4.91. The van der Waals surface area contributed by atoms with Gasteiger partial charge in [0.15, 0.2) is 0 Å². The Hall–Kier alpha value is -3.52. The van der Waals surface area contributed by atoms with Gasteiger partial charge in [0.05, 0.1) is 0 Å². The molecular weight excluding hydrogens is 456 g/mol. The van der Waals surface area contributed by atoms with E-state index in [2.05, 4.69) is 16.0 Å². The molecule has 3 aliphatic rings. The summed E-state index contributed by atoms with van der Waals surface area (Å²) >= 11 is 0. The number of hydrogen-bond donors (Lipinski definition) is 1. The SMILES string of the molecule is CC(=O)O.O=C(c1cccc2ccncc12)N1C[C@@H]2C[C@H](C1)c1ccc(CN3CCCC3)c(=O)n1C2. The molecule has 5 heterocycles. The van der Waals surface area contributed by atoms with Crippen LogP contribution in [0.2, 0.25) is 0 Å². The number of amides is 1. The molecule has 6 rings (SSSR count). The fraction of sp³-hybridized carbons (Fsp3) is 0.429. The average molecular weight is 489 g/mol. The van der Waals surface area contributed by atoms with Crippen molar-refractivity contribution in [2.75, 3.05) is 26.2 Å². The van der Waals surface area contributed by atoms with Crippen molar-refractivity contribution in [3.8, 4) is 0 Å². The number of carbonyl (C=O) groups is 2. The molecule has 2 saturated heterocycles. The van der Waals surface area contributed by atoms with Crippen LogP contribution in [0.1, 0.15) is 53.7 Å². The first kappa shape index (κ1) is 24.2. The number of nitrogens with zero attached hydrogens (tertiary/aromatic N) is 4. The molecule has 188 valence electrons. The predicted octanol–water partition coefficient (Wildman–Crippen LogP) is 3.34. The Morgan fingerprint density at radius 1 is 1.06 bits per heavy atom. The number of carboxylic acids is 1. The lowest BCUT2D eigenvalue weighted by Crippen LogP contribution is -2.49. The van der Waals surface area contributed by atoms with Crippen LogP contribution in [-0.2, 0) is 17.9 Å². The summed E-state index contributed by atoms with van der Waals surface area (Å²) in [5.74, 6) is -0.231. The number of aliphatic carboxylic acids is 1. The molecule has 0 unspecified atom stereocenters. The normalized spacial score (nSPS) is 21.0. The maximum atomic E-state index is 13.5. The topological polar surface area (TPSA) is 95.7 Å². The maximum Gasteiger partial charge on any atom is 0.300 e. The van der Waals surface area contributed by atoms with Crippen molar-refractivity contribution in [3.63, 3.8) is 0 Å². The second kappa shape index (κ2) is 10.2. The van der Waals surface area contributed by atoms with Crippen molar-refractivity contribution < 1.29 is 14.7 Å². The van der Waals surface area contributed by atoms with Gasteiger partial charge in [-0.3, -0.25) is 24.3 Å². The molecule has 8 nitrogen and oxygen atoms in total. The molecule has 0 spiro atoms. The Balaban J connectivity index is 0.000000623. The van der Waals surface area contributed by atoms with Gasteiger partial charge in [-0.25, -0.2) is 0 Å². The van der Waals surface area contributed by atoms with E-state index in [1.165, 1.54) is 12.8 Å². The van der Waals surface area contributed by atoms with Crippen LogP contribution >= 0.6 is 0 Å². The smallest absolute Gasteiger partial charge is 0.300 e. The summed E-state index contributed by atoms with van der Waals surface area (Å²) in [4.78, 5) is 44.4. The molecule has 2 bridgehead atoms. The third-order valence-electron chi connectivity index (χ3n) is 7.48. The molecule has 3 aromatic rings. The largest absolute Gasteiger partial charge is 0.481 e. The van der Waals surface area contributed by atoms with E-state index in [9.17, 15) is 9.59 Å². The molecule has 1 N–H and O–H groups in total. The summed E-state index contributed by atoms with van der Waals surface area (Å²) in [6, 6.07) is 12.0. The van der Waals surface area contributed by atoms with Crippen LogP contribution in [0.25, 0.3) is 10.8 Å². The van der Waals surface area contributed by atoms with E-state index in [0.717, 1.165) is 55.0 Å². The number of benzene rings is 1. The highest BCUT2D eigenvalue weighted by Crippen LogP contribution is 2.36. The average Bonchev–Trinajstić information content (AvgIpc) is 3.38. The minimum Gasteiger partial charge on any atom is -0.481 e. The van der Waals surface area contributed by atoms with Crippen molar-refractivity contribution >= 4 is 22.6 Å². The zero-order valence-electron chi connectivity index (χ0n) is 20.6. The molecule has 8 heteroatoms. The minimum absolute atomic E-state index is 0.0692. The summed E-state index contributed by atoms with van der Waals surface area (Å²) in [5.41, 5.74) is 2.89. The molecule has 3 aliphatic heterocycles. The Kier molecular flexibility index (Phi) is 6.87. The van der Waals surface area contributed by atoms with Gasteiger partial charge >= 0.3 is 0 Å². The van der Waals surface area contributed by atoms with Gasteiger partial charge in [-0.15, -0.1) is 0 Å². The lowest BCUT2D eigenvalue weighted by Gasteiger charge is -2.43. The molecule has 2 fully saturated rings. The van der Waals surface area contributed by atoms with Gasteiger partial charge in [-0.05, 0) is 61.9 Å². The number of hydrogen-bond acceptors (Lipinski definition) is 5. The van der Waals surface area contributed by atoms with Crippen molar-refractivity contribution in [2.24, 2.45) is 5.92 Å². The van der Waals surface area contributed by atoms with Crippen LogP contribution in [0.4, 0.5) is 0 Å². The van der Waals surface area contributed by atoms with Gasteiger partial charge in [0.2, 0.25) is 0 Å². The predicted molar refractivity (Wildman–Crippen MR) is 137 cm³/mol. The van der Waals surface area contributed by atoms with Crippen molar-refractivity contribution in [1.29, 1.82) is 0 Å². The number of piperidine rings is 1. The van der Waals surface area contributed by atoms with E-state index in [-0.39, 0.29) is 17.4 Å². The Morgan fingerprint density at radius 2 is 1.83 bits per heavy atom. The summed E-state index contributed by atoms with van der Waals surface area (Å²) in [7, 11) is 0. The van der Waals surface area contributed by atoms with Gasteiger partial charge < -0.3 is 14.6 Å². The van der Waals surface area contributed by atoms with Crippen LogP contribution in [0.15, 0.2) is 53.6 Å². The number of fused-ring (bicyclic) bond motifs is 5. The van der Waals surface area contributed by atoms with E-state index < -0.39 is 5.97 Å². The van der Waals surface area contributed by atoms with E-state index in [4.69, 9.17) is 9.90 Å². The standard InChI is InChI=1S/C26H28N4O2.C2H4O2/c31-25-20(16-28-10-1-2-11-28)6-7-24-21-12-18(15-30(24)25)14-29(17-21)26(32)22-5-3-4-19-8-9-27-13-23(19)22;1-2(3)4/h3-9,13,18,21H,1-2,10-12,14-17H2;1H3,(H,3,4)/t18-,21+;/m0./s1. The van der Waals surface area contributed by atoms with Gasteiger partial charge in [-0.2, -0.15) is 0 Å². The first-order valence-electron chi connectivity index (χ1n) is 12.7. The molecule has 1 aromatic carbocycles. The van der Waals surface area contributed by atoms with Gasteiger partial charge in [0, 0.05) is 73.6 Å². The molecule has 36 heavy (non-hydrogen) atoms. The van der Waals surface area contributed by atoms with Crippen molar-refractivity contribution in [2.45, 2.75) is 45.2 Å². The number of carbonyl (C=O) groups excluding carboxylic acids is 1. The quantitative estimate of drug-likeness (QED) is 0.608. The minimum atomic E-state index is -0.833. The summed E-state index contributed by atoms with van der Waals surface area (Å²) in [6.07, 6.45) is 7.05. The van der Waals surface area contributed by atoms with Crippen LogP contribution in [-0.4, -0.2) is 62.5 Å². The van der Waals surface area contributed by atoms with E-state index >= 15 is 0 Å². The van der Waals surface area contributed by atoms with Crippen LogP contribution in [0.3, 0.4) is 0 Å². The van der Waals surface area contributed by atoms with Crippen LogP contribution in [0, 0.1) is 5.92 Å². The van der Waals surface area contributed by atoms with Crippen molar-refractivity contribution in [3.05, 3.63) is 76.0 Å². The fourth-order valence-corrected chi connectivity index (χ4v) is 5.93. The molecular formula is C28H32N4O4. The fourth-order valence-electron chi connectivity index (χ4n) is 5.93. The highest BCUT2D eigenvalue weighted by atomic mass is 16.4. The molecule has 1 amide bonds. The molecule has 0 aliphatic carbocycles. The Morgan fingerprint density at radius 3 is 2.61 bits per heavy atom. The van der Waals surface area contributed by atoms with E-state index in [0.29, 0.717) is 31.1 Å². The lowest BCUT2D eigenvalue weighted by molar-refractivity contribution is -0.134. The van der Waals surface area contributed by atoms with Crippen molar-refractivity contribution in [1.82, 2.24) is 19.4 Å². The zero-order chi connectivity index (χ0) is 25.2. The summed E-state index contributed by atoms with van der Waals surface area (Å²) in [6.45, 7) is 6.10. The first-order valence-corrected chi connectivity index (χ1v) is 12.7. The first-order chi connectivity index (χ1) is 17.4. The van der Waals surface area contributed by atoms with E-state index in [1.807, 2.05) is 39.8 Å². The number of pyridine rings is 2. The highest BCUT2D eigenvalue weighted by Gasteiger charge is 2.37. The maximum absolute atomic E-state index is 13.5. The van der Waals surface area contributed by atoms with Gasteiger partial charge in [0.1, 0.15) is 0 Å². The number of aromatic nitrogens is 2. The molecule has 0 saturated carbocycles. The molecule has 2 aromatic heterocycles. The summed E-state index contributed by atoms with van der Waals surface area (Å²) in [5, 5.41) is 9.35. The molecule has 0 radical (unpaired) electrons. The number of rotatable bonds is 3. The molecule has 2 atom stereocenters. The van der Waals surface area contributed by atoms with Crippen LogP contribution < -0.4 is 5.56 Å². The number of carboxylic acid groups (broad SMARTS) is 1. The Bertz CT molecular complexity index is 1340. The zero-order valence-corrected chi connectivity index (χ0v) is 20.6. The van der Waals surface area contributed by atoms with E-state index in [1.54, 1.807) is 12.4 Å². The second-order valence-corrected chi connectivity index (χ2v) is 10.1. The lowest BCUT2D eigenvalue weighted by atomic mass is 9.82. The number of likely N-dealkylation sites (tertiary alicyclic amines) is 2. The Labute approximate surface area is 210 Å². The monoisotopic (exact) mass is 488 g/mol. The van der Waals surface area contributed by atoms with Gasteiger partial charge in [0.25, 0.3) is 17.4 Å². The van der Waals surface area contributed by atoms with Gasteiger partial charge in [-0.1, -0.05) is 18.2 Å². The van der Waals surface area contributed by atoms with Crippen LogP contribution in [0.5, 0.6) is 0 Å². The third-order valence-corrected chi connectivity index (χ3v) is 7.48. The summed E-state index contributed by atoms with van der Waals surface area (Å²) < 4.78 is 2.01.